The van der Waals surface area contributed by atoms with Crippen LogP contribution in [-0.2, 0) is 10.2 Å². The lowest BCUT2D eigenvalue weighted by Gasteiger charge is -2.28. The van der Waals surface area contributed by atoms with Crippen molar-refractivity contribution in [2.75, 3.05) is 19.6 Å². The smallest absolute Gasteiger partial charge is 0.224 e. The third kappa shape index (κ3) is 3.80. The van der Waals surface area contributed by atoms with Gasteiger partial charge in [0, 0.05) is 18.5 Å². The van der Waals surface area contributed by atoms with E-state index in [9.17, 15) is 4.79 Å². The van der Waals surface area contributed by atoms with Gasteiger partial charge in [0.2, 0.25) is 5.91 Å². The van der Waals surface area contributed by atoms with E-state index < -0.39 is 0 Å². The van der Waals surface area contributed by atoms with Crippen LogP contribution in [-0.4, -0.2) is 25.5 Å². The Morgan fingerprint density at radius 1 is 1.37 bits per heavy atom. The van der Waals surface area contributed by atoms with Gasteiger partial charge in [-0.1, -0.05) is 44.2 Å². The second kappa shape index (κ2) is 6.20. The highest BCUT2D eigenvalue weighted by Crippen LogP contribution is 2.22. The number of piperidine rings is 1. The highest BCUT2D eigenvalue weighted by molar-refractivity contribution is 5.79. The van der Waals surface area contributed by atoms with E-state index in [4.69, 9.17) is 0 Å². The third-order valence-electron chi connectivity index (χ3n) is 3.93. The summed E-state index contributed by atoms with van der Waals surface area (Å²) < 4.78 is 0. The van der Waals surface area contributed by atoms with Gasteiger partial charge in [-0.05, 0) is 24.9 Å². The summed E-state index contributed by atoms with van der Waals surface area (Å²) in [5.41, 5.74) is 1.23. The van der Waals surface area contributed by atoms with E-state index in [2.05, 4.69) is 36.6 Å². The zero-order chi connectivity index (χ0) is 13.7. The number of hydrogen-bond donors (Lipinski definition) is 2. The topological polar surface area (TPSA) is 41.1 Å². The van der Waals surface area contributed by atoms with Gasteiger partial charge in [0.25, 0.3) is 0 Å². The van der Waals surface area contributed by atoms with Crippen molar-refractivity contribution in [1.82, 2.24) is 10.6 Å². The molecule has 1 aliphatic rings. The molecule has 1 aromatic carbocycles. The molecule has 1 heterocycles. The van der Waals surface area contributed by atoms with Crippen LogP contribution in [0.15, 0.2) is 30.3 Å². The van der Waals surface area contributed by atoms with Crippen molar-refractivity contribution >= 4 is 5.91 Å². The molecule has 0 bridgehead atoms. The Kier molecular flexibility index (Phi) is 4.59. The second-order valence-electron chi connectivity index (χ2n) is 6.01. The first-order chi connectivity index (χ1) is 9.09. The number of hydrogen-bond acceptors (Lipinski definition) is 2. The highest BCUT2D eigenvalue weighted by Gasteiger charge is 2.25. The molecule has 1 fully saturated rings. The Labute approximate surface area is 115 Å². The molecule has 1 amide bonds. The van der Waals surface area contributed by atoms with Gasteiger partial charge in [-0.15, -0.1) is 0 Å². The van der Waals surface area contributed by atoms with Crippen molar-refractivity contribution in [1.29, 1.82) is 0 Å². The minimum Gasteiger partial charge on any atom is -0.355 e. The third-order valence-corrected chi connectivity index (χ3v) is 3.93. The van der Waals surface area contributed by atoms with Crippen LogP contribution in [0.3, 0.4) is 0 Å². The van der Waals surface area contributed by atoms with Crippen molar-refractivity contribution in [2.45, 2.75) is 32.1 Å². The molecule has 0 aromatic heterocycles. The summed E-state index contributed by atoms with van der Waals surface area (Å²) in [7, 11) is 0. The molecule has 0 saturated carbocycles. The maximum absolute atomic E-state index is 12.1. The molecule has 0 aliphatic carbocycles. The average Bonchev–Trinajstić information content (AvgIpc) is 2.47. The van der Waals surface area contributed by atoms with Gasteiger partial charge in [-0.25, -0.2) is 0 Å². The normalized spacial score (nSPS) is 20.0. The monoisotopic (exact) mass is 260 g/mol. The number of rotatable bonds is 4. The molecule has 1 aliphatic heterocycles. The summed E-state index contributed by atoms with van der Waals surface area (Å²) in [5, 5.41) is 6.40. The number of carbonyl (C=O) groups excluding carboxylic acids is 1. The fraction of sp³-hybridized carbons (Fsp3) is 0.562. The van der Waals surface area contributed by atoms with Crippen LogP contribution in [0.4, 0.5) is 0 Å². The molecule has 3 nitrogen and oxygen atoms in total. The summed E-state index contributed by atoms with van der Waals surface area (Å²) in [6.45, 7) is 6.88. The first kappa shape index (κ1) is 14.1. The molecule has 1 aromatic rings. The molecular weight excluding hydrogens is 236 g/mol. The maximum atomic E-state index is 12.1. The van der Waals surface area contributed by atoms with Crippen LogP contribution >= 0.6 is 0 Å². The first-order valence-electron chi connectivity index (χ1n) is 7.13. The molecule has 2 N–H and O–H groups in total. The standard InChI is InChI=1S/C16H24N2O/c1-16(2,14-8-4-3-5-9-14)12-18-15(19)13-7-6-10-17-11-13/h3-5,8-9,13,17H,6-7,10-12H2,1-2H3,(H,18,19). The van der Waals surface area contributed by atoms with Crippen molar-refractivity contribution in [3.63, 3.8) is 0 Å². The zero-order valence-electron chi connectivity index (χ0n) is 11.9. The summed E-state index contributed by atoms with van der Waals surface area (Å²) in [6, 6.07) is 10.3. The van der Waals surface area contributed by atoms with E-state index in [0.29, 0.717) is 6.54 Å². The first-order valence-corrected chi connectivity index (χ1v) is 7.13. The predicted molar refractivity (Wildman–Crippen MR) is 78.1 cm³/mol. The summed E-state index contributed by atoms with van der Waals surface area (Å²) in [6.07, 6.45) is 2.10. The lowest BCUT2D eigenvalue weighted by atomic mass is 9.84. The van der Waals surface area contributed by atoms with E-state index in [0.717, 1.165) is 25.9 Å². The maximum Gasteiger partial charge on any atom is 0.224 e. The van der Waals surface area contributed by atoms with Gasteiger partial charge in [-0.2, -0.15) is 0 Å². The minimum atomic E-state index is -0.0288. The van der Waals surface area contributed by atoms with Gasteiger partial charge < -0.3 is 10.6 Å². The van der Waals surface area contributed by atoms with Gasteiger partial charge in [0.1, 0.15) is 0 Å². The van der Waals surface area contributed by atoms with Gasteiger partial charge in [0.05, 0.1) is 5.92 Å². The van der Waals surface area contributed by atoms with Crippen molar-refractivity contribution < 1.29 is 4.79 Å². The predicted octanol–water partition coefficient (Wildman–Crippen LogP) is 2.08. The molecule has 104 valence electrons. The molecule has 1 atom stereocenters. The largest absolute Gasteiger partial charge is 0.355 e. The van der Waals surface area contributed by atoms with E-state index in [1.165, 1.54) is 5.56 Å². The second-order valence-corrected chi connectivity index (χ2v) is 6.01. The average molecular weight is 260 g/mol. The molecule has 3 heteroatoms. The number of nitrogens with one attached hydrogen (secondary N) is 2. The molecule has 19 heavy (non-hydrogen) atoms. The van der Waals surface area contributed by atoms with Crippen LogP contribution < -0.4 is 10.6 Å². The Bertz CT molecular complexity index is 408. The molecule has 2 rings (SSSR count). The van der Waals surface area contributed by atoms with Crippen molar-refractivity contribution in [3.8, 4) is 0 Å². The fourth-order valence-corrected chi connectivity index (χ4v) is 2.52. The highest BCUT2D eigenvalue weighted by atomic mass is 16.1. The SMILES string of the molecule is CC(C)(CNC(=O)C1CCCNC1)c1ccccc1. The van der Waals surface area contributed by atoms with Crippen LogP contribution in [0.25, 0.3) is 0 Å². The number of carbonyl (C=O) groups is 1. The van der Waals surface area contributed by atoms with E-state index >= 15 is 0 Å². The Morgan fingerprint density at radius 3 is 2.74 bits per heavy atom. The summed E-state index contributed by atoms with van der Waals surface area (Å²) in [5.74, 6) is 0.330. The summed E-state index contributed by atoms with van der Waals surface area (Å²) in [4.78, 5) is 12.1. The minimum absolute atomic E-state index is 0.0288. The summed E-state index contributed by atoms with van der Waals surface area (Å²) >= 11 is 0. The lowest BCUT2D eigenvalue weighted by Crippen LogP contribution is -2.44. The van der Waals surface area contributed by atoms with E-state index in [1.54, 1.807) is 0 Å². The number of amides is 1. The van der Waals surface area contributed by atoms with E-state index in [1.807, 2.05) is 18.2 Å². The van der Waals surface area contributed by atoms with E-state index in [-0.39, 0.29) is 17.2 Å². The van der Waals surface area contributed by atoms with Crippen LogP contribution in [0.1, 0.15) is 32.3 Å². The van der Waals surface area contributed by atoms with Crippen LogP contribution in [0.5, 0.6) is 0 Å². The molecule has 1 unspecified atom stereocenters. The fourth-order valence-electron chi connectivity index (χ4n) is 2.52. The van der Waals surface area contributed by atoms with Gasteiger partial charge in [0.15, 0.2) is 0 Å². The zero-order valence-corrected chi connectivity index (χ0v) is 11.9. The van der Waals surface area contributed by atoms with Crippen LogP contribution in [0, 0.1) is 5.92 Å². The van der Waals surface area contributed by atoms with Crippen molar-refractivity contribution in [3.05, 3.63) is 35.9 Å². The molecule has 1 saturated heterocycles. The van der Waals surface area contributed by atoms with Gasteiger partial charge >= 0.3 is 0 Å². The van der Waals surface area contributed by atoms with Crippen LogP contribution in [0.2, 0.25) is 0 Å². The lowest BCUT2D eigenvalue weighted by molar-refractivity contribution is -0.125. The molecule has 0 radical (unpaired) electrons. The van der Waals surface area contributed by atoms with Crippen molar-refractivity contribution in [2.24, 2.45) is 5.92 Å². The quantitative estimate of drug-likeness (QED) is 0.870. The molecule has 0 spiro atoms. The Morgan fingerprint density at radius 2 is 2.11 bits per heavy atom. The molecular formula is C16H24N2O. The number of benzene rings is 1. The Hall–Kier alpha value is -1.35. The Balaban J connectivity index is 1.88. The van der Waals surface area contributed by atoms with Gasteiger partial charge in [-0.3, -0.25) is 4.79 Å².